The van der Waals surface area contributed by atoms with E-state index in [1.165, 1.54) is 372 Å². The van der Waals surface area contributed by atoms with E-state index < -0.39 is 12.1 Å². The molecule has 6 heteroatoms. The van der Waals surface area contributed by atoms with E-state index >= 15 is 0 Å². The highest BCUT2D eigenvalue weighted by molar-refractivity contribution is 5.76. The summed E-state index contributed by atoms with van der Waals surface area (Å²) in [5, 5.41) is 23.1. The molecule has 2 atom stereocenters. The molecule has 0 aromatic rings. The monoisotopic (exact) mass is 1200 g/mol. The molecular formula is C79H153NO5. The first-order valence-electron chi connectivity index (χ1n) is 39.1. The van der Waals surface area contributed by atoms with Gasteiger partial charge in [-0.1, -0.05) is 398 Å². The van der Waals surface area contributed by atoms with Crippen LogP contribution in [-0.4, -0.2) is 47.4 Å². The molecule has 0 radical (unpaired) electrons. The fraction of sp³-hybridized carbons (Fsp3) is 0.924. The van der Waals surface area contributed by atoms with Gasteiger partial charge in [0.05, 0.1) is 25.4 Å². The van der Waals surface area contributed by atoms with Crippen LogP contribution in [0.3, 0.4) is 0 Å². The predicted octanol–water partition coefficient (Wildman–Crippen LogP) is 25.7. The number of carbonyl (C=O) groups excluding carboxylic acids is 2. The fourth-order valence-corrected chi connectivity index (χ4v) is 12.5. The molecule has 0 aromatic heterocycles. The zero-order valence-electron chi connectivity index (χ0n) is 57.9. The van der Waals surface area contributed by atoms with Crippen molar-refractivity contribution in [2.75, 3.05) is 13.2 Å². The summed E-state index contributed by atoms with van der Waals surface area (Å²) in [5.74, 6) is -0.0425. The smallest absolute Gasteiger partial charge is 0.305 e. The van der Waals surface area contributed by atoms with E-state index in [0.29, 0.717) is 19.4 Å². The summed E-state index contributed by atoms with van der Waals surface area (Å²) in [6.45, 7) is 4.93. The molecule has 0 fully saturated rings. The highest BCUT2D eigenvalue weighted by Gasteiger charge is 2.18. The van der Waals surface area contributed by atoms with Gasteiger partial charge >= 0.3 is 5.97 Å². The molecule has 0 saturated carbocycles. The number of esters is 1. The number of hydrogen-bond donors (Lipinski definition) is 3. The largest absolute Gasteiger partial charge is 0.466 e. The topological polar surface area (TPSA) is 95.9 Å². The van der Waals surface area contributed by atoms with Gasteiger partial charge in [-0.15, -0.1) is 0 Å². The van der Waals surface area contributed by atoms with Gasteiger partial charge < -0.3 is 20.3 Å². The lowest BCUT2D eigenvalue weighted by molar-refractivity contribution is -0.143. The predicted molar refractivity (Wildman–Crippen MR) is 375 cm³/mol. The maximum absolute atomic E-state index is 12.5. The molecule has 1 amide bonds. The van der Waals surface area contributed by atoms with Gasteiger partial charge in [-0.2, -0.15) is 0 Å². The van der Waals surface area contributed by atoms with Crippen LogP contribution >= 0.6 is 0 Å². The maximum atomic E-state index is 12.5. The van der Waals surface area contributed by atoms with E-state index in [9.17, 15) is 19.8 Å². The molecule has 3 N–H and O–H groups in total. The normalized spacial score (nSPS) is 12.6. The Kier molecular flexibility index (Phi) is 73.3. The van der Waals surface area contributed by atoms with Crippen LogP contribution in [-0.2, 0) is 14.3 Å². The Morgan fingerprint density at radius 1 is 0.318 bits per heavy atom. The Hall–Kier alpha value is -1.66. The summed E-state index contributed by atoms with van der Waals surface area (Å²) in [4.78, 5) is 24.6. The average Bonchev–Trinajstić information content (AvgIpc) is 3.51. The molecule has 2 unspecified atom stereocenters. The molecule has 0 bridgehead atoms. The van der Waals surface area contributed by atoms with Crippen LogP contribution in [0.4, 0.5) is 0 Å². The Bertz CT molecular complexity index is 1330. The van der Waals surface area contributed by atoms with Crippen molar-refractivity contribution in [3.05, 3.63) is 24.3 Å². The van der Waals surface area contributed by atoms with E-state index in [1.807, 2.05) is 6.08 Å². The minimum Gasteiger partial charge on any atom is -0.466 e. The molecule has 0 heterocycles. The van der Waals surface area contributed by atoms with Gasteiger partial charge in [0.1, 0.15) is 0 Å². The highest BCUT2D eigenvalue weighted by atomic mass is 16.5. The molecule has 0 aromatic carbocycles. The van der Waals surface area contributed by atoms with Crippen molar-refractivity contribution < 1.29 is 24.5 Å². The van der Waals surface area contributed by atoms with E-state index in [-0.39, 0.29) is 18.5 Å². The molecule has 0 aliphatic rings. The van der Waals surface area contributed by atoms with Crippen molar-refractivity contribution in [2.24, 2.45) is 0 Å². The first-order valence-corrected chi connectivity index (χ1v) is 39.1. The van der Waals surface area contributed by atoms with Crippen molar-refractivity contribution in [3.8, 4) is 0 Å². The standard InChI is InChI=1S/C79H153NO5/c1-3-5-7-9-11-13-15-17-18-45-49-53-57-61-65-69-73-79(84)85-74-70-66-62-58-54-50-46-43-41-39-37-35-33-31-29-27-25-23-21-19-20-22-24-26-28-30-32-34-36-38-40-42-44-48-52-56-60-64-68-72-78(83)80-76(75-81)77(82)71-67-63-59-55-51-47-16-14-12-10-8-6-4-2/h18,45,67,71,76-77,81-82H,3-17,19-44,46-66,68-70,72-75H2,1-2H3,(H,80,83)/b45-18-,71-67+. The summed E-state index contributed by atoms with van der Waals surface area (Å²) in [6, 6.07) is -0.622. The SMILES string of the molecule is CCCCCCCCC/C=C\CCCCCCCC(=O)OCCCCCCCCCCCCCCCCCCCCCCCCCCCCCCCCCCCCCCCCCC(=O)NC(CO)C(O)/C=C/CCCCCCCCCCCCC. The molecule has 0 saturated heterocycles. The lowest BCUT2D eigenvalue weighted by Gasteiger charge is -2.20. The number of nitrogens with one attached hydrogen (secondary N) is 1. The van der Waals surface area contributed by atoms with Gasteiger partial charge in [-0.05, 0) is 57.8 Å². The number of rotatable bonds is 74. The first-order chi connectivity index (χ1) is 42.0. The van der Waals surface area contributed by atoms with Gasteiger partial charge in [0, 0.05) is 12.8 Å². The summed E-state index contributed by atoms with van der Waals surface area (Å²) in [7, 11) is 0. The van der Waals surface area contributed by atoms with Crippen LogP contribution in [0.15, 0.2) is 24.3 Å². The minimum absolute atomic E-state index is 0.0172. The van der Waals surface area contributed by atoms with E-state index in [2.05, 4.69) is 31.3 Å². The average molecular weight is 1200 g/mol. The van der Waals surface area contributed by atoms with Crippen molar-refractivity contribution in [1.29, 1.82) is 0 Å². The summed E-state index contributed by atoms with van der Waals surface area (Å²) >= 11 is 0. The second kappa shape index (κ2) is 74.8. The zero-order chi connectivity index (χ0) is 61.3. The van der Waals surface area contributed by atoms with E-state index in [1.54, 1.807) is 6.08 Å². The summed E-state index contributed by atoms with van der Waals surface area (Å²) in [5.41, 5.74) is 0. The molecule has 0 aliphatic carbocycles. The Morgan fingerprint density at radius 3 is 0.835 bits per heavy atom. The number of ether oxygens (including phenoxy) is 1. The molecule has 85 heavy (non-hydrogen) atoms. The van der Waals surface area contributed by atoms with E-state index in [4.69, 9.17) is 4.74 Å². The molecular weight excluding hydrogens is 1040 g/mol. The van der Waals surface area contributed by atoms with Crippen molar-refractivity contribution in [1.82, 2.24) is 5.32 Å². The number of aliphatic hydroxyl groups excluding tert-OH is 2. The molecule has 0 rings (SSSR count). The Labute approximate surface area is 532 Å². The van der Waals surface area contributed by atoms with Gasteiger partial charge in [-0.25, -0.2) is 0 Å². The fourth-order valence-electron chi connectivity index (χ4n) is 12.5. The Morgan fingerprint density at radius 2 is 0.553 bits per heavy atom. The van der Waals surface area contributed by atoms with E-state index in [0.717, 1.165) is 44.9 Å². The summed E-state index contributed by atoms with van der Waals surface area (Å²) in [6.07, 6.45) is 96.0. The molecule has 0 spiro atoms. The van der Waals surface area contributed by atoms with Crippen molar-refractivity contribution in [3.63, 3.8) is 0 Å². The van der Waals surface area contributed by atoms with Crippen molar-refractivity contribution >= 4 is 11.9 Å². The van der Waals surface area contributed by atoms with Crippen LogP contribution in [0.1, 0.15) is 444 Å². The number of allylic oxidation sites excluding steroid dienone is 3. The number of aliphatic hydroxyl groups is 2. The quantitative estimate of drug-likeness (QED) is 0.0320. The molecule has 0 aliphatic heterocycles. The van der Waals surface area contributed by atoms with Crippen molar-refractivity contribution in [2.45, 2.75) is 456 Å². The van der Waals surface area contributed by atoms with Crippen LogP contribution in [0.25, 0.3) is 0 Å². The second-order valence-corrected chi connectivity index (χ2v) is 27.0. The van der Waals surface area contributed by atoms with Gasteiger partial charge in [-0.3, -0.25) is 9.59 Å². The van der Waals surface area contributed by atoms with Gasteiger partial charge in [0.2, 0.25) is 5.91 Å². The number of carbonyl (C=O) groups is 2. The van der Waals surface area contributed by atoms with Gasteiger partial charge in [0.25, 0.3) is 0 Å². The third-order valence-electron chi connectivity index (χ3n) is 18.5. The highest BCUT2D eigenvalue weighted by Crippen LogP contribution is 2.20. The third-order valence-corrected chi connectivity index (χ3v) is 18.5. The van der Waals surface area contributed by atoms with Crippen LogP contribution in [0.5, 0.6) is 0 Å². The maximum Gasteiger partial charge on any atom is 0.305 e. The minimum atomic E-state index is -0.839. The zero-order valence-corrected chi connectivity index (χ0v) is 57.9. The lowest BCUT2D eigenvalue weighted by Crippen LogP contribution is -2.45. The molecule has 6 nitrogen and oxygen atoms in total. The summed E-state index contributed by atoms with van der Waals surface area (Å²) < 4.78 is 5.50. The second-order valence-electron chi connectivity index (χ2n) is 27.0. The van der Waals surface area contributed by atoms with Crippen LogP contribution < -0.4 is 5.32 Å². The number of hydrogen-bond acceptors (Lipinski definition) is 5. The Balaban J connectivity index is 3.28. The van der Waals surface area contributed by atoms with Crippen LogP contribution in [0, 0.1) is 0 Å². The number of amides is 1. The molecule has 504 valence electrons. The lowest BCUT2D eigenvalue weighted by atomic mass is 10.0. The van der Waals surface area contributed by atoms with Crippen LogP contribution in [0.2, 0.25) is 0 Å². The third kappa shape index (κ3) is 71.3. The first kappa shape index (κ1) is 83.3. The van der Waals surface area contributed by atoms with Gasteiger partial charge in [0.15, 0.2) is 0 Å². The number of unbranched alkanes of at least 4 members (excludes halogenated alkanes) is 61.